The number of carboxylic acid groups (broad SMARTS) is 1. The standard InChI is InChI=1S/C19H22FN3O3.C2H6O/c1-2-21-5-7-22(8-6-21)17-10-16-13(9-15(17)20)18(24)14(19(25)26)11-23(16)12-3-4-12;1-2-3/h9-12H,2-8H2,1H3,(H,25,26);3H,2H2,1H3. The number of hydrogen-bond acceptors (Lipinski definition) is 5. The van der Waals surface area contributed by atoms with E-state index < -0.39 is 17.2 Å². The second-order valence-electron chi connectivity index (χ2n) is 7.37. The number of carboxylic acids is 1. The fraction of sp³-hybridized carbons (Fsp3) is 0.524. The summed E-state index contributed by atoms with van der Waals surface area (Å²) in [6.07, 6.45) is 3.30. The van der Waals surface area contributed by atoms with E-state index in [0.29, 0.717) is 11.2 Å². The highest BCUT2D eigenvalue weighted by Gasteiger charge is 2.28. The molecule has 4 rings (SSSR count). The lowest BCUT2D eigenvalue weighted by Gasteiger charge is -2.35. The molecule has 0 radical (unpaired) electrons. The molecule has 158 valence electrons. The SMILES string of the molecule is CCN1CCN(c2cc3c(cc2F)c(=O)c(C(=O)O)cn3C2CC2)CC1.CCO. The van der Waals surface area contributed by atoms with Crippen molar-refractivity contribution in [3.8, 4) is 0 Å². The number of benzene rings is 1. The zero-order valence-electron chi connectivity index (χ0n) is 16.9. The van der Waals surface area contributed by atoms with Crippen molar-refractivity contribution in [2.45, 2.75) is 32.7 Å². The number of hydrogen-bond donors (Lipinski definition) is 2. The fourth-order valence-electron chi connectivity index (χ4n) is 3.71. The van der Waals surface area contributed by atoms with E-state index in [1.54, 1.807) is 13.0 Å². The molecule has 0 spiro atoms. The third kappa shape index (κ3) is 4.43. The highest BCUT2D eigenvalue weighted by atomic mass is 19.1. The van der Waals surface area contributed by atoms with Gasteiger partial charge in [0.2, 0.25) is 5.43 Å². The highest BCUT2D eigenvalue weighted by molar-refractivity contribution is 5.93. The average Bonchev–Trinajstić information content (AvgIpc) is 3.54. The largest absolute Gasteiger partial charge is 0.477 e. The molecule has 1 saturated heterocycles. The molecule has 1 aromatic carbocycles. The van der Waals surface area contributed by atoms with Crippen LogP contribution in [0.3, 0.4) is 0 Å². The van der Waals surface area contributed by atoms with Crippen molar-refractivity contribution in [3.05, 3.63) is 39.9 Å². The van der Waals surface area contributed by atoms with E-state index in [9.17, 15) is 19.1 Å². The molecule has 0 unspecified atom stereocenters. The lowest BCUT2D eigenvalue weighted by Crippen LogP contribution is -2.46. The predicted octanol–water partition coefficient (Wildman–Crippen LogP) is 2.31. The minimum absolute atomic E-state index is 0.144. The van der Waals surface area contributed by atoms with E-state index in [-0.39, 0.29) is 23.6 Å². The van der Waals surface area contributed by atoms with Gasteiger partial charge in [0.25, 0.3) is 0 Å². The fourth-order valence-corrected chi connectivity index (χ4v) is 3.71. The zero-order chi connectivity index (χ0) is 21.1. The van der Waals surface area contributed by atoms with E-state index in [1.807, 2.05) is 9.47 Å². The third-order valence-electron chi connectivity index (χ3n) is 5.43. The van der Waals surface area contributed by atoms with Gasteiger partial charge >= 0.3 is 5.97 Å². The Hall–Kier alpha value is -2.45. The number of piperazine rings is 1. The smallest absolute Gasteiger partial charge is 0.341 e. The van der Waals surface area contributed by atoms with Gasteiger partial charge in [0.1, 0.15) is 11.4 Å². The van der Waals surface area contributed by atoms with Crippen LogP contribution in [-0.2, 0) is 0 Å². The first kappa shape index (κ1) is 21.3. The minimum atomic E-state index is -1.27. The summed E-state index contributed by atoms with van der Waals surface area (Å²) in [7, 11) is 0. The van der Waals surface area contributed by atoms with Gasteiger partial charge in [-0.05, 0) is 38.4 Å². The van der Waals surface area contributed by atoms with Crippen LogP contribution in [-0.4, -0.2) is 65.0 Å². The molecule has 1 saturated carbocycles. The maximum Gasteiger partial charge on any atom is 0.341 e. The molecule has 2 heterocycles. The number of aromatic carboxylic acids is 1. The number of aromatic nitrogens is 1. The Morgan fingerprint density at radius 1 is 1.17 bits per heavy atom. The number of likely N-dealkylation sites (N-methyl/N-ethyl adjacent to an activating group) is 1. The molecule has 0 atom stereocenters. The summed E-state index contributed by atoms with van der Waals surface area (Å²) in [5, 5.41) is 17.0. The van der Waals surface area contributed by atoms with Crippen LogP contribution < -0.4 is 10.3 Å². The number of rotatable bonds is 4. The molecular formula is C21H28FN3O4. The van der Waals surface area contributed by atoms with Crippen LogP contribution in [0.4, 0.5) is 10.1 Å². The lowest BCUT2D eigenvalue weighted by molar-refractivity contribution is 0.0695. The van der Waals surface area contributed by atoms with Gasteiger partial charge in [-0.25, -0.2) is 9.18 Å². The van der Waals surface area contributed by atoms with Gasteiger partial charge in [-0.2, -0.15) is 0 Å². The van der Waals surface area contributed by atoms with Gasteiger partial charge in [0, 0.05) is 50.4 Å². The summed E-state index contributed by atoms with van der Waals surface area (Å²) in [6, 6.07) is 3.12. The van der Waals surface area contributed by atoms with Crippen LogP contribution in [0.1, 0.15) is 43.1 Å². The topological polar surface area (TPSA) is 86.0 Å². The summed E-state index contributed by atoms with van der Waals surface area (Å²) >= 11 is 0. The Morgan fingerprint density at radius 2 is 1.79 bits per heavy atom. The number of fused-ring (bicyclic) bond motifs is 1. The maximum atomic E-state index is 14.8. The number of pyridine rings is 1. The van der Waals surface area contributed by atoms with E-state index in [0.717, 1.165) is 45.6 Å². The first-order valence-corrected chi connectivity index (χ1v) is 10.1. The first-order valence-electron chi connectivity index (χ1n) is 10.1. The van der Waals surface area contributed by atoms with Crippen LogP contribution in [0.25, 0.3) is 10.9 Å². The van der Waals surface area contributed by atoms with E-state index in [4.69, 9.17) is 5.11 Å². The summed E-state index contributed by atoms with van der Waals surface area (Å²) in [6.45, 7) is 8.24. The predicted molar refractivity (Wildman–Crippen MR) is 110 cm³/mol. The summed E-state index contributed by atoms with van der Waals surface area (Å²) in [5.74, 6) is -1.74. The molecule has 0 bridgehead atoms. The van der Waals surface area contributed by atoms with Crippen LogP contribution >= 0.6 is 0 Å². The van der Waals surface area contributed by atoms with E-state index >= 15 is 0 Å². The molecule has 2 N–H and O–H groups in total. The van der Waals surface area contributed by atoms with Crippen molar-refractivity contribution >= 4 is 22.6 Å². The van der Waals surface area contributed by atoms with Crippen molar-refractivity contribution in [1.82, 2.24) is 9.47 Å². The molecule has 1 aromatic heterocycles. The average molecular weight is 405 g/mol. The Morgan fingerprint density at radius 3 is 2.31 bits per heavy atom. The zero-order valence-corrected chi connectivity index (χ0v) is 16.9. The quantitative estimate of drug-likeness (QED) is 0.812. The van der Waals surface area contributed by atoms with Crippen molar-refractivity contribution in [1.29, 1.82) is 0 Å². The van der Waals surface area contributed by atoms with Crippen LogP contribution in [0.5, 0.6) is 0 Å². The monoisotopic (exact) mass is 405 g/mol. The number of aliphatic hydroxyl groups excluding tert-OH is 1. The molecule has 1 aliphatic heterocycles. The minimum Gasteiger partial charge on any atom is -0.477 e. The van der Waals surface area contributed by atoms with Gasteiger partial charge < -0.3 is 24.6 Å². The molecule has 29 heavy (non-hydrogen) atoms. The van der Waals surface area contributed by atoms with E-state index in [1.165, 1.54) is 12.3 Å². The van der Waals surface area contributed by atoms with E-state index in [2.05, 4.69) is 11.8 Å². The second kappa shape index (κ2) is 8.92. The van der Waals surface area contributed by atoms with Gasteiger partial charge in [0.15, 0.2) is 0 Å². The van der Waals surface area contributed by atoms with Gasteiger partial charge in [0.05, 0.1) is 11.2 Å². The van der Waals surface area contributed by atoms with Crippen LogP contribution in [0, 0.1) is 5.82 Å². The second-order valence-corrected chi connectivity index (χ2v) is 7.37. The highest BCUT2D eigenvalue weighted by Crippen LogP contribution is 2.38. The number of aliphatic hydroxyl groups is 1. The molecule has 8 heteroatoms. The van der Waals surface area contributed by atoms with Crippen molar-refractivity contribution in [2.75, 3.05) is 44.2 Å². The third-order valence-corrected chi connectivity index (χ3v) is 5.43. The summed E-state index contributed by atoms with van der Waals surface area (Å²) in [5.41, 5.74) is 0.195. The number of carbonyl (C=O) groups is 1. The number of halogens is 1. The Labute approximate surface area is 169 Å². The lowest BCUT2D eigenvalue weighted by atomic mass is 10.1. The van der Waals surface area contributed by atoms with Gasteiger partial charge in [-0.1, -0.05) is 6.92 Å². The van der Waals surface area contributed by atoms with Gasteiger partial charge in [-0.15, -0.1) is 0 Å². The molecule has 2 fully saturated rings. The first-order chi connectivity index (χ1) is 13.9. The maximum absolute atomic E-state index is 14.8. The molecule has 7 nitrogen and oxygen atoms in total. The molecule has 1 aliphatic carbocycles. The molecule has 2 aliphatic rings. The normalized spacial score (nSPS) is 17.2. The summed E-state index contributed by atoms with van der Waals surface area (Å²) in [4.78, 5) is 28.2. The van der Waals surface area contributed by atoms with Crippen LogP contribution in [0.2, 0.25) is 0 Å². The van der Waals surface area contributed by atoms with Crippen LogP contribution in [0.15, 0.2) is 23.1 Å². The summed E-state index contributed by atoms with van der Waals surface area (Å²) < 4.78 is 16.6. The number of anilines is 1. The van der Waals surface area contributed by atoms with Crippen molar-refractivity contribution in [2.24, 2.45) is 0 Å². The molecule has 0 amide bonds. The molecular weight excluding hydrogens is 377 g/mol. The van der Waals surface area contributed by atoms with Crippen molar-refractivity contribution < 1.29 is 19.4 Å². The van der Waals surface area contributed by atoms with Gasteiger partial charge in [-0.3, -0.25) is 4.79 Å². The Balaban J connectivity index is 0.000000755. The molecule has 2 aromatic rings. The Kier molecular flexibility index (Phi) is 6.54. The Bertz CT molecular complexity index is 947. The number of nitrogens with zero attached hydrogens (tertiary/aromatic N) is 3. The van der Waals surface area contributed by atoms with Crippen molar-refractivity contribution in [3.63, 3.8) is 0 Å².